The Kier molecular flexibility index (Phi) is 8.28. The van der Waals surface area contributed by atoms with Crippen LogP contribution in [0.1, 0.15) is 37.1 Å². The second-order valence-corrected chi connectivity index (χ2v) is 10.3. The zero-order valence-corrected chi connectivity index (χ0v) is 19.0. The number of hydrogen-bond acceptors (Lipinski definition) is 2. The average Bonchev–Trinajstić information content (AvgIpc) is 3.12. The third kappa shape index (κ3) is 6.17. The van der Waals surface area contributed by atoms with E-state index in [1.807, 2.05) is 29.9 Å². The van der Waals surface area contributed by atoms with Crippen LogP contribution in [0.3, 0.4) is 0 Å². The Morgan fingerprint density at radius 2 is 1.91 bits per heavy atom. The summed E-state index contributed by atoms with van der Waals surface area (Å²) in [6.45, 7) is 0. The Morgan fingerprint density at radius 3 is 2.36 bits per heavy atom. The molecule has 4 nitrogen and oxygen atoms in total. The minimum atomic E-state index is 0.859. The first kappa shape index (κ1) is 18.8. The number of benzene rings is 1. The Labute approximate surface area is 170 Å². The molecule has 0 saturated heterocycles. The number of nitrogens with one attached hydrogen (secondary N) is 1. The molecule has 0 aliphatic heterocycles. The van der Waals surface area contributed by atoms with Crippen LogP contribution in [0.2, 0.25) is 0 Å². The fourth-order valence-electron chi connectivity index (χ4n) is 2.41. The van der Waals surface area contributed by atoms with Gasteiger partial charge < -0.3 is 0 Å². The molecule has 1 heterocycles. The average molecular weight is 705 g/mol. The Bertz CT molecular complexity index is 618. The summed E-state index contributed by atoms with van der Waals surface area (Å²) in [4.78, 5) is 4.40. The summed E-state index contributed by atoms with van der Waals surface area (Å²) in [5.74, 6) is 1.00. The molecule has 1 fully saturated rings. The molecule has 1 N–H and O–H groups in total. The van der Waals surface area contributed by atoms with Crippen molar-refractivity contribution in [1.29, 1.82) is 0 Å². The van der Waals surface area contributed by atoms with Crippen LogP contribution in [0.4, 0.5) is 0 Å². The molecule has 1 aliphatic rings. The minimum Gasteiger partial charge on any atom is -0.185 e. The van der Waals surface area contributed by atoms with E-state index in [1.54, 1.807) is 0 Å². The zero-order chi connectivity index (χ0) is 15.9. The van der Waals surface area contributed by atoms with Gasteiger partial charge in [-0.15, -0.1) is 0 Å². The summed E-state index contributed by atoms with van der Waals surface area (Å²) in [5, 5.41) is 3.19. The van der Waals surface area contributed by atoms with Crippen LogP contribution in [-0.2, 0) is 32.8 Å². The van der Waals surface area contributed by atoms with Gasteiger partial charge in [0.05, 0.1) is 0 Å². The second-order valence-electron chi connectivity index (χ2n) is 5.33. The summed E-state index contributed by atoms with van der Waals surface area (Å²) >= 11 is 6.92. The van der Waals surface area contributed by atoms with E-state index in [0.29, 0.717) is 0 Å². The van der Waals surface area contributed by atoms with Crippen molar-refractivity contribution in [3.63, 3.8) is 0 Å². The topological polar surface area (TPSA) is 36.9 Å². The van der Waals surface area contributed by atoms with Gasteiger partial charge >= 0.3 is 93.1 Å². The van der Waals surface area contributed by atoms with Gasteiger partial charge in [-0.1, -0.05) is 12.8 Å². The number of aromatic nitrogens is 3. The Morgan fingerprint density at radius 1 is 1.27 bits per heavy atom. The van der Waals surface area contributed by atoms with Crippen LogP contribution in [0.15, 0.2) is 30.3 Å². The molecule has 0 spiro atoms. The molecule has 0 amide bonds. The molecule has 1 aromatic heterocycles. The van der Waals surface area contributed by atoms with Gasteiger partial charge in [-0.2, -0.15) is 1.33 Å². The molecule has 0 bridgehead atoms. The predicted octanol–water partition coefficient (Wildman–Crippen LogP) is 4.35. The summed E-state index contributed by atoms with van der Waals surface area (Å²) in [6, 6.07) is 11.2. The maximum Gasteiger partial charge on any atom is 0.0311 e. The van der Waals surface area contributed by atoms with Crippen LogP contribution < -0.4 is 0 Å². The van der Waals surface area contributed by atoms with Crippen molar-refractivity contribution in [3.05, 3.63) is 45.5 Å². The number of aryl methyl sites for hydroxylation is 1. The maximum absolute atomic E-state index is 4.40. The summed E-state index contributed by atoms with van der Waals surface area (Å²) in [6.07, 6.45) is 6.55. The molecular formula is C15H20I2N4Pt. The van der Waals surface area contributed by atoms with Crippen molar-refractivity contribution in [2.45, 2.75) is 38.1 Å². The zero-order valence-electron chi connectivity index (χ0n) is 12.4. The van der Waals surface area contributed by atoms with Crippen LogP contribution in [0.5, 0.6) is 0 Å². The first-order chi connectivity index (χ1) is 10.6. The van der Waals surface area contributed by atoms with Crippen molar-refractivity contribution in [3.8, 4) is 0 Å². The van der Waals surface area contributed by atoms with Gasteiger partial charge in [0, 0.05) is 51.8 Å². The largest absolute Gasteiger partial charge is 0.185 e. The molecule has 1 aromatic carbocycles. The van der Waals surface area contributed by atoms with Crippen LogP contribution in [0, 0.1) is 3.80 Å². The van der Waals surface area contributed by atoms with Gasteiger partial charge in [0.2, 0.25) is 0 Å². The molecule has 7 heteroatoms. The molecule has 0 unspecified atom stereocenters. The van der Waals surface area contributed by atoms with Crippen LogP contribution in [-0.4, -0.2) is 22.1 Å². The van der Waals surface area contributed by atoms with Crippen molar-refractivity contribution >= 4 is 45.7 Å². The molecular weight excluding hydrogens is 685 g/mol. The van der Waals surface area contributed by atoms with Crippen molar-refractivity contribution in [2.24, 2.45) is 7.05 Å². The quantitative estimate of drug-likeness (QED) is 0.382. The van der Waals surface area contributed by atoms with Crippen LogP contribution in [0.25, 0.3) is 0 Å². The third-order valence-electron chi connectivity index (χ3n) is 3.59. The number of H-pyrrole nitrogens is 1. The number of halogens is 2. The predicted molar refractivity (Wildman–Crippen MR) is 102 cm³/mol. The Balaban J connectivity index is 0.000000188. The SMILES string of the molecule is Cn1[nH]c(Cc2ccccc2)n[c]1=[Pt].IN(I)C1CCCC1. The fraction of sp³-hybridized carbons (Fsp3) is 0.467. The van der Waals surface area contributed by atoms with Gasteiger partial charge in [0.1, 0.15) is 0 Å². The van der Waals surface area contributed by atoms with Gasteiger partial charge in [-0.05, 0) is 12.8 Å². The van der Waals surface area contributed by atoms with Crippen LogP contribution >= 0.6 is 45.7 Å². The summed E-state index contributed by atoms with van der Waals surface area (Å²) in [7, 11) is 1.96. The molecule has 0 atom stereocenters. The first-order valence-electron chi connectivity index (χ1n) is 7.28. The van der Waals surface area contributed by atoms with Gasteiger partial charge in [-0.25, -0.2) is 0 Å². The normalized spacial score (nSPS) is 15.0. The van der Waals surface area contributed by atoms with Crippen molar-refractivity contribution in [2.75, 3.05) is 0 Å². The maximum atomic E-state index is 4.40. The van der Waals surface area contributed by atoms with E-state index in [1.165, 1.54) is 31.2 Å². The van der Waals surface area contributed by atoms with E-state index in [9.17, 15) is 0 Å². The van der Waals surface area contributed by atoms with E-state index >= 15 is 0 Å². The molecule has 124 valence electrons. The summed E-state index contributed by atoms with van der Waals surface area (Å²) < 4.78 is 5.18. The van der Waals surface area contributed by atoms with E-state index in [4.69, 9.17) is 0 Å². The van der Waals surface area contributed by atoms with E-state index in [-0.39, 0.29) is 0 Å². The number of hydrogen-bond donors (Lipinski definition) is 1. The number of nitrogens with zero attached hydrogens (tertiary/aromatic N) is 3. The minimum absolute atomic E-state index is 0.859. The van der Waals surface area contributed by atoms with Gasteiger partial charge in [-0.3, -0.25) is 0 Å². The van der Waals surface area contributed by atoms with Gasteiger partial charge in [0.15, 0.2) is 0 Å². The molecule has 0 radical (unpaired) electrons. The van der Waals surface area contributed by atoms with Crippen molar-refractivity contribution < 1.29 is 19.4 Å². The standard InChI is InChI=1S/C10H11N3.C5H9I2N.Pt/c1-13-8-11-10(12-13)7-9-5-3-2-4-6-9;6-8(7)5-3-1-2-4-5;/h2-6H,7H2,1H3,(H,11,12);5H,1-4H2;. The molecule has 2 aromatic rings. The van der Waals surface area contributed by atoms with E-state index in [0.717, 1.165) is 22.1 Å². The molecule has 1 aliphatic carbocycles. The van der Waals surface area contributed by atoms with Crippen molar-refractivity contribution in [1.82, 2.24) is 16.1 Å². The molecule has 1 saturated carbocycles. The van der Waals surface area contributed by atoms with E-state index < -0.39 is 0 Å². The van der Waals surface area contributed by atoms with E-state index in [2.05, 4.69) is 88.6 Å². The third-order valence-corrected chi connectivity index (χ3v) is 6.18. The molecule has 3 rings (SSSR count). The number of aromatic amines is 1. The Hall–Kier alpha value is 0.468. The molecule has 22 heavy (non-hydrogen) atoms. The summed E-state index contributed by atoms with van der Waals surface area (Å²) in [5.41, 5.74) is 1.28. The monoisotopic (exact) mass is 705 g/mol. The van der Waals surface area contributed by atoms with Gasteiger partial charge in [0.25, 0.3) is 0 Å². The smallest absolute Gasteiger partial charge is 0.0311 e. The first-order valence-corrected chi connectivity index (χ1v) is 10.3. The second kappa shape index (κ2) is 9.69. The fourth-order valence-corrected chi connectivity index (χ4v) is 3.95. The number of rotatable bonds is 3.